The Bertz CT molecular complexity index is 658. The molecular formula is C14H12N2O5. The van der Waals surface area contributed by atoms with Crippen molar-refractivity contribution in [1.82, 2.24) is 4.98 Å². The third-order valence-corrected chi connectivity index (χ3v) is 2.80. The number of ether oxygens (including phenoxy) is 1. The number of rotatable bonds is 6. The lowest BCUT2D eigenvalue weighted by molar-refractivity contribution is -0.384. The van der Waals surface area contributed by atoms with Crippen LogP contribution in [0.5, 0.6) is 5.75 Å². The molecule has 1 aromatic heterocycles. The van der Waals surface area contributed by atoms with E-state index in [0.717, 1.165) is 11.6 Å². The van der Waals surface area contributed by atoms with E-state index >= 15 is 0 Å². The summed E-state index contributed by atoms with van der Waals surface area (Å²) in [5.41, 5.74) is 0.497. The summed E-state index contributed by atoms with van der Waals surface area (Å²) in [5.74, 6) is -1.15. The number of nitrogens with zero attached hydrogens (tertiary/aromatic N) is 2. The Labute approximate surface area is 120 Å². The average Bonchev–Trinajstić information content (AvgIpc) is 2.48. The second-order valence-corrected chi connectivity index (χ2v) is 4.20. The number of pyridine rings is 1. The largest absolute Gasteiger partial charge is 0.492 e. The van der Waals surface area contributed by atoms with Crippen LogP contribution in [0, 0.1) is 10.1 Å². The van der Waals surface area contributed by atoms with Gasteiger partial charge in [0.25, 0.3) is 5.69 Å². The topological polar surface area (TPSA) is 103 Å². The number of aromatic carboxylic acids is 1. The maximum Gasteiger partial charge on any atom is 0.339 e. The monoisotopic (exact) mass is 288 g/mol. The van der Waals surface area contributed by atoms with Crippen molar-refractivity contribution < 1.29 is 19.6 Å². The molecule has 7 heteroatoms. The zero-order valence-electron chi connectivity index (χ0n) is 10.9. The van der Waals surface area contributed by atoms with Gasteiger partial charge in [0.05, 0.1) is 11.5 Å². The van der Waals surface area contributed by atoms with Gasteiger partial charge in [-0.25, -0.2) is 4.79 Å². The molecule has 1 heterocycles. The van der Waals surface area contributed by atoms with Crippen molar-refractivity contribution in [1.29, 1.82) is 0 Å². The Morgan fingerprint density at radius 3 is 2.62 bits per heavy atom. The van der Waals surface area contributed by atoms with Crippen LogP contribution in [-0.4, -0.2) is 27.6 Å². The van der Waals surface area contributed by atoms with Gasteiger partial charge in [-0.1, -0.05) is 0 Å². The molecule has 7 nitrogen and oxygen atoms in total. The van der Waals surface area contributed by atoms with E-state index in [4.69, 9.17) is 9.84 Å². The highest BCUT2D eigenvalue weighted by molar-refractivity contribution is 5.91. The molecule has 2 rings (SSSR count). The van der Waals surface area contributed by atoms with Gasteiger partial charge in [-0.05, 0) is 23.8 Å². The lowest BCUT2D eigenvalue weighted by atomic mass is 10.1. The molecule has 0 saturated carbocycles. The first-order valence-corrected chi connectivity index (χ1v) is 6.11. The van der Waals surface area contributed by atoms with Crippen LogP contribution in [0.15, 0.2) is 42.7 Å². The number of nitro benzene ring substituents is 1. The van der Waals surface area contributed by atoms with Crippen molar-refractivity contribution in [3.05, 3.63) is 64.0 Å². The van der Waals surface area contributed by atoms with Crippen LogP contribution >= 0.6 is 0 Å². The molecule has 108 valence electrons. The summed E-state index contributed by atoms with van der Waals surface area (Å²) >= 11 is 0. The molecule has 0 radical (unpaired) electrons. The SMILES string of the molecule is O=C(O)c1cc([N+](=O)[O-])ccc1OCCc1ccncc1. The molecule has 0 aliphatic carbocycles. The third-order valence-electron chi connectivity index (χ3n) is 2.80. The third kappa shape index (κ3) is 3.75. The quantitative estimate of drug-likeness (QED) is 0.646. The number of carbonyl (C=O) groups is 1. The lowest BCUT2D eigenvalue weighted by Gasteiger charge is -2.09. The summed E-state index contributed by atoms with van der Waals surface area (Å²) in [6.07, 6.45) is 3.90. The fourth-order valence-electron chi connectivity index (χ4n) is 1.75. The van der Waals surface area contributed by atoms with Crippen molar-refractivity contribution in [3.63, 3.8) is 0 Å². The van der Waals surface area contributed by atoms with Crippen LogP contribution in [0.4, 0.5) is 5.69 Å². The van der Waals surface area contributed by atoms with Gasteiger partial charge in [-0.3, -0.25) is 15.1 Å². The number of carboxylic acid groups (broad SMARTS) is 1. The van der Waals surface area contributed by atoms with Crippen molar-refractivity contribution in [2.75, 3.05) is 6.61 Å². The van der Waals surface area contributed by atoms with Crippen LogP contribution in [0.1, 0.15) is 15.9 Å². The summed E-state index contributed by atoms with van der Waals surface area (Å²) in [7, 11) is 0. The summed E-state index contributed by atoms with van der Waals surface area (Å²) in [4.78, 5) is 25.0. The van der Waals surface area contributed by atoms with Gasteiger partial charge in [0.15, 0.2) is 0 Å². The predicted molar refractivity (Wildman–Crippen MR) is 73.5 cm³/mol. The smallest absolute Gasteiger partial charge is 0.339 e. The molecule has 1 N–H and O–H groups in total. The molecule has 2 aromatic rings. The molecule has 0 unspecified atom stereocenters. The molecule has 0 aliphatic rings. The highest BCUT2D eigenvalue weighted by Gasteiger charge is 2.16. The maximum absolute atomic E-state index is 11.1. The van der Waals surface area contributed by atoms with E-state index in [1.807, 2.05) is 12.1 Å². The zero-order valence-corrected chi connectivity index (χ0v) is 10.9. The van der Waals surface area contributed by atoms with E-state index in [1.165, 1.54) is 12.1 Å². The van der Waals surface area contributed by atoms with E-state index in [-0.39, 0.29) is 23.6 Å². The summed E-state index contributed by atoms with van der Waals surface area (Å²) in [6, 6.07) is 7.17. The van der Waals surface area contributed by atoms with E-state index in [2.05, 4.69) is 4.98 Å². The minimum atomic E-state index is -1.27. The summed E-state index contributed by atoms with van der Waals surface area (Å²) in [6.45, 7) is 0.266. The Balaban J connectivity index is 2.09. The number of nitro groups is 1. The second-order valence-electron chi connectivity index (χ2n) is 4.20. The predicted octanol–water partition coefficient (Wildman–Crippen LogP) is 2.31. The van der Waals surface area contributed by atoms with Gasteiger partial charge < -0.3 is 9.84 Å². The lowest BCUT2D eigenvalue weighted by Crippen LogP contribution is -2.07. The Kier molecular flexibility index (Phi) is 4.45. The number of hydrogen-bond donors (Lipinski definition) is 1. The number of benzene rings is 1. The van der Waals surface area contributed by atoms with Gasteiger partial charge in [0.2, 0.25) is 0 Å². The van der Waals surface area contributed by atoms with E-state index < -0.39 is 10.9 Å². The molecule has 0 aliphatic heterocycles. The minimum absolute atomic E-state index is 0.113. The fourth-order valence-corrected chi connectivity index (χ4v) is 1.75. The van der Waals surface area contributed by atoms with E-state index in [9.17, 15) is 14.9 Å². The Morgan fingerprint density at radius 1 is 1.29 bits per heavy atom. The molecule has 21 heavy (non-hydrogen) atoms. The van der Waals surface area contributed by atoms with Crippen molar-refractivity contribution in [3.8, 4) is 5.75 Å². The number of carboxylic acids is 1. The van der Waals surface area contributed by atoms with Gasteiger partial charge >= 0.3 is 5.97 Å². The first-order chi connectivity index (χ1) is 10.1. The fraction of sp³-hybridized carbons (Fsp3) is 0.143. The van der Waals surface area contributed by atoms with Crippen LogP contribution in [0.2, 0.25) is 0 Å². The number of aromatic nitrogens is 1. The number of non-ortho nitro benzene ring substituents is 1. The van der Waals surface area contributed by atoms with E-state index in [0.29, 0.717) is 6.42 Å². The molecule has 0 amide bonds. The highest BCUT2D eigenvalue weighted by Crippen LogP contribution is 2.24. The summed E-state index contributed by atoms with van der Waals surface area (Å²) in [5, 5.41) is 19.7. The first-order valence-electron chi connectivity index (χ1n) is 6.11. The molecule has 0 bridgehead atoms. The molecule has 0 atom stereocenters. The Morgan fingerprint density at radius 2 is 2.00 bits per heavy atom. The first kappa shape index (κ1) is 14.4. The molecular weight excluding hydrogens is 276 g/mol. The highest BCUT2D eigenvalue weighted by atomic mass is 16.6. The minimum Gasteiger partial charge on any atom is -0.492 e. The second kappa shape index (κ2) is 6.47. The Hall–Kier alpha value is -2.96. The van der Waals surface area contributed by atoms with Gasteiger partial charge in [0.1, 0.15) is 11.3 Å². The van der Waals surface area contributed by atoms with Crippen LogP contribution in [0.3, 0.4) is 0 Å². The van der Waals surface area contributed by atoms with Crippen molar-refractivity contribution in [2.45, 2.75) is 6.42 Å². The normalized spacial score (nSPS) is 10.1. The average molecular weight is 288 g/mol. The zero-order chi connectivity index (χ0) is 15.2. The van der Waals surface area contributed by atoms with Crippen LogP contribution < -0.4 is 4.74 Å². The number of hydrogen-bond acceptors (Lipinski definition) is 5. The molecule has 1 aromatic carbocycles. The van der Waals surface area contributed by atoms with Crippen LogP contribution in [-0.2, 0) is 6.42 Å². The molecule has 0 fully saturated rings. The van der Waals surface area contributed by atoms with Crippen molar-refractivity contribution >= 4 is 11.7 Å². The van der Waals surface area contributed by atoms with Gasteiger partial charge in [-0.2, -0.15) is 0 Å². The van der Waals surface area contributed by atoms with Crippen molar-refractivity contribution in [2.24, 2.45) is 0 Å². The van der Waals surface area contributed by atoms with Gasteiger partial charge in [0, 0.05) is 30.9 Å². The van der Waals surface area contributed by atoms with Crippen LogP contribution in [0.25, 0.3) is 0 Å². The van der Waals surface area contributed by atoms with Gasteiger partial charge in [-0.15, -0.1) is 0 Å². The van der Waals surface area contributed by atoms with E-state index in [1.54, 1.807) is 12.4 Å². The standard InChI is InChI=1S/C14H12N2O5/c17-14(18)12-9-11(16(19)20)1-2-13(12)21-8-5-10-3-6-15-7-4-10/h1-4,6-7,9H,5,8H2,(H,17,18). The molecule has 0 saturated heterocycles. The summed E-state index contributed by atoms with van der Waals surface area (Å²) < 4.78 is 5.41. The molecule has 0 spiro atoms. The maximum atomic E-state index is 11.1.